The van der Waals surface area contributed by atoms with E-state index in [-0.39, 0.29) is 0 Å². The zero-order valence-electron chi connectivity index (χ0n) is 26.0. The van der Waals surface area contributed by atoms with Crippen LogP contribution in [0.3, 0.4) is 0 Å². The molecule has 5 heterocycles. The number of anilines is 2. The van der Waals surface area contributed by atoms with Crippen LogP contribution in [-0.4, -0.2) is 20.0 Å². The lowest BCUT2D eigenvalue weighted by molar-refractivity contribution is 0.766. The van der Waals surface area contributed by atoms with Gasteiger partial charge in [0.1, 0.15) is 0 Å². The maximum Gasteiger partial charge on any atom is 0.242 e. The molecular weight excluding hydrogens is 552 g/mol. The summed E-state index contributed by atoms with van der Waals surface area (Å²) in [5.41, 5.74) is 25.6. The van der Waals surface area contributed by atoms with Gasteiger partial charge in [0.05, 0.1) is 0 Å². The van der Waals surface area contributed by atoms with Crippen LogP contribution in [0.15, 0.2) is 115 Å². The number of hydrogen-bond donors (Lipinski definition) is 0. The van der Waals surface area contributed by atoms with Gasteiger partial charge in [-0.3, -0.25) is 0 Å². The van der Waals surface area contributed by atoms with E-state index in [0.29, 0.717) is 13.4 Å². The Hall–Kier alpha value is -4.75. The van der Waals surface area contributed by atoms with E-state index < -0.39 is 0 Å². The summed E-state index contributed by atoms with van der Waals surface area (Å²) >= 11 is 0. The monoisotopic (exact) mass is 585 g/mol. The normalized spacial score (nSPS) is 16.0. The van der Waals surface area contributed by atoms with Gasteiger partial charge >= 0.3 is 0 Å². The molecule has 0 atom stereocenters. The molecule has 0 amide bonds. The Balaban J connectivity index is 1.10. The summed E-state index contributed by atoms with van der Waals surface area (Å²) in [5, 5.41) is 0. The number of hydrogen-bond acceptors (Lipinski definition) is 1. The number of nitrogens with zero attached hydrogens (tertiary/aromatic N) is 1. The zero-order valence-corrected chi connectivity index (χ0v) is 26.0. The number of fused-ring (bicyclic) bond motifs is 9. The Morgan fingerprint density at radius 2 is 0.957 bits per heavy atom. The maximum absolute atomic E-state index is 2.67. The van der Waals surface area contributed by atoms with Gasteiger partial charge in [0.15, 0.2) is 0 Å². The Labute approximate surface area is 272 Å². The molecule has 0 radical (unpaired) electrons. The second kappa shape index (κ2) is 9.39. The predicted molar refractivity (Wildman–Crippen MR) is 195 cm³/mol. The second-order valence-corrected chi connectivity index (χ2v) is 14.3. The van der Waals surface area contributed by atoms with Crippen molar-refractivity contribution >= 4 is 57.6 Å². The molecule has 0 saturated heterocycles. The third kappa shape index (κ3) is 3.49. The van der Waals surface area contributed by atoms with Crippen molar-refractivity contribution in [1.29, 1.82) is 0 Å². The van der Waals surface area contributed by atoms with Gasteiger partial charge in [-0.15, -0.1) is 0 Å². The molecule has 0 saturated carbocycles. The first kappa shape index (κ1) is 25.4. The van der Waals surface area contributed by atoms with Crippen LogP contribution >= 0.6 is 0 Å². The molecule has 11 rings (SSSR count). The molecule has 3 heteroatoms. The molecule has 0 spiro atoms. The number of para-hydroxylation sites is 1. The first-order valence-electron chi connectivity index (χ1n) is 17.2. The van der Waals surface area contributed by atoms with Gasteiger partial charge in [-0.1, -0.05) is 130 Å². The van der Waals surface area contributed by atoms with Gasteiger partial charge < -0.3 is 4.90 Å². The molecule has 6 aromatic rings. The highest BCUT2D eigenvalue weighted by Crippen LogP contribution is 2.35. The van der Waals surface area contributed by atoms with E-state index in [4.69, 9.17) is 0 Å². The lowest BCUT2D eigenvalue weighted by Crippen LogP contribution is -2.65. The van der Waals surface area contributed by atoms with Crippen LogP contribution in [0.4, 0.5) is 11.4 Å². The molecule has 0 aromatic heterocycles. The third-order valence-electron chi connectivity index (χ3n) is 11.9. The highest BCUT2D eigenvalue weighted by Gasteiger charge is 2.41. The van der Waals surface area contributed by atoms with Crippen molar-refractivity contribution in [2.45, 2.75) is 38.5 Å². The van der Waals surface area contributed by atoms with Crippen molar-refractivity contribution in [3.63, 3.8) is 0 Å². The number of aryl methyl sites for hydroxylation is 1. The molecule has 6 aromatic carbocycles. The fraction of sp³-hybridized carbons (Fsp3) is 0.163. The average Bonchev–Trinajstić information content (AvgIpc) is 3.10. The lowest BCUT2D eigenvalue weighted by Gasteiger charge is -2.38. The largest absolute Gasteiger partial charge is 0.341 e. The highest BCUT2D eigenvalue weighted by molar-refractivity contribution is 7.00. The molecule has 0 unspecified atom stereocenters. The van der Waals surface area contributed by atoms with Gasteiger partial charge in [-0.05, 0) is 107 Å². The summed E-state index contributed by atoms with van der Waals surface area (Å²) in [6, 6.07) is 45.1. The minimum absolute atomic E-state index is 0.294. The van der Waals surface area contributed by atoms with E-state index in [0.717, 1.165) is 32.2 Å². The standard InChI is InChI=1S/C43H33B2N/c1-3-15-37-28(9-1)20-29-10-5-11-30-21-33-24-34-22-31-12-6-13-32-23-35-25-36(46-19-7-14-27-8-2-4-16-41(27)46)17-18-38(35)45(43(31)32)40(34)26-39(33)44(37)42(29)30/h1-6,8-13,15-18,24-26H,7,14,19-23H2. The van der Waals surface area contributed by atoms with Crippen LogP contribution in [0.5, 0.6) is 0 Å². The van der Waals surface area contributed by atoms with Gasteiger partial charge in [0.25, 0.3) is 0 Å². The molecule has 1 nitrogen and oxygen atoms in total. The molecule has 216 valence electrons. The maximum atomic E-state index is 2.67. The van der Waals surface area contributed by atoms with Gasteiger partial charge in [-0.2, -0.15) is 0 Å². The first-order valence-corrected chi connectivity index (χ1v) is 17.2. The zero-order chi connectivity index (χ0) is 29.9. The smallest absolute Gasteiger partial charge is 0.242 e. The van der Waals surface area contributed by atoms with E-state index >= 15 is 0 Å². The summed E-state index contributed by atoms with van der Waals surface area (Å²) in [4.78, 5) is 2.56. The van der Waals surface area contributed by atoms with Crippen LogP contribution in [0.2, 0.25) is 0 Å². The molecule has 0 fully saturated rings. The lowest BCUT2D eigenvalue weighted by atomic mass is 9.27. The molecular formula is C43H33B2N. The molecule has 5 aliphatic heterocycles. The summed E-state index contributed by atoms with van der Waals surface area (Å²) in [5.74, 6) is 0. The van der Waals surface area contributed by atoms with E-state index in [9.17, 15) is 0 Å². The molecule has 0 N–H and O–H groups in total. The Kier molecular flexibility index (Phi) is 5.20. The fourth-order valence-electron chi connectivity index (χ4n) is 10.0. The summed E-state index contributed by atoms with van der Waals surface area (Å²) < 4.78 is 0. The van der Waals surface area contributed by atoms with E-state index in [1.54, 1.807) is 21.9 Å². The van der Waals surface area contributed by atoms with Gasteiger partial charge in [-0.25, -0.2) is 0 Å². The highest BCUT2D eigenvalue weighted by atomic mass is 15.1. The number of benzene rings is 6. The topological polar surface area (TPSA) is 3.24 Å². The van der Waals surface area contributed by atoms with Crippen LogP contribution in [0, 0.1) is 0 Å². The summed E-state index contributed by atoms with van der Waals surface area (Å²) in [6.07, 6.45) is 6.52. The Morgan fingerprint density at radius 3 is 1.65 bits per heavy atom. The summed E-state index contributed by atoms with van der Waals surface area (Å²) in [6.45, 7) is 1.70. The van der Waals surface area contributed by atoms with Crippen molar-refractivity contribution in [1.82, 2.24) is 0 Å². The van der Waals surface area contributed by atoms with E-state index in [1.165, 1.54) is 85.2 Å². The first-order chi connectivity index (χ1) is 22.8. The van der Waals surface area contributed by atoms with Crippen LogP contribution in [0.25, 0.3) is 0 Å². The molecule has 0 aliphatic carbocycles. The van der Waals surface area contributed by atoms with Crippen LogP contribution in [-0.2, 0) is 32.1 Å². The fourth-order valence-corrected chi connectivity index (χ4v) is 10.0. The molecule has 0 bridgehead atoms. The third-order valence-corrected chi connectivity index (χ3v) is 11.9. The van der Waals surface area contributed by atoms with E-state index in [2.05, 4.69) is 120 Å². The van der Waals surface area contributed by atoms with Crippen LogP contribution < -0.4 is 37.7 Å². The second-order valence-electron chi connectivity index (χ2n) is 14.3. The minimum Gasteiger partial charge on any atom is -0.341 e. The van der Waals surface area contributed by atoms with Crippen molar-refractivity contribution in [2.24, 2.45) is 0 Å². The predicted octanol–water partition coefficient (Wildman–Crippen LogP) is 4.42. The number of rotatable bonds is 1. The van der Waals surface area contributed by atoms with Gasteiger partial charge in [0, 0.05) is 17.9 Å². The van der Waals surface area contributed by atoms with Crippen LogP contribution in [0.1, 0.15) is 56.5 Å². The van der Waals surface area contributed by atoms with Gasteiger partial charge in [0.2, 0.25) is 13.4 Å². The Bertz CT molecular complexity index is 2280. The minimum atomic E-state index is 0.294. The van der Waals surface area contributed by atoms with Crippen molar-refractivity contribution in [3.8, 4) is 0 Å². The summed E-state index contributed by atoms with van der Waals surface area (Å²) in [7, 11) is 0. The van der Waals surface area contributed by atoms with Crippen molar-refractivity contribution < 1.29 is 0 Å². The van der Waals surface area contributed by atoms with E-state index in [1.807, 2.05) is 0 Å². The Morgan fingerprint density at radius 1 is 0.413 bits per heavy atom. The SMILES string of the molecule is c1ccc2c(c1)Cc1cccc3c1B2c1cc2c(cc1C3)Cc1cccc3c1B2c1ccc(N2CCCc4ccccc42)cc1C3. The van der Waals surface area contributed by atoms with Crippen molar-refractivity contribution in [3.05, 3.63) is 165 Å². The quantitative estimate of drug-likeness (QED) is 0.258. The average molecular weight is 585 g/mol. The van der Waals surface area contributed by atoms with Crippen molar-refractivity contribution in [2.75, 3.05) is 11.4 Å². The molecule has 5 aliphatic rings. The molecule has 46 heavy (non-hydrogen) atoms.